The molecule has 0 heterocycles. The molecule has 0 saturated carbocycles. The Hall–Kier alpha value is -2.35. The molecule has 0 unspecified atom stereocenters. The van der Waals surface area contributed by atoms with E-state index in [0.29, 0.717) is 18.9 Å². The molecule has 0 bridgehead atoms. The second-order valence-electron chi connectivity index (χ2n) is 5.17. The van der Waals surface area contributed by atoms with E-state index in [-0.39, 0.29) is 5.97 Å². The van der Waals surface area contributed by atoms with Gasteiger partial charge in [-0.3, -0.25) is 4.79 Å². The molecule has 2 aromatic carbocycles. The molecule has 0 aliphatic heterocycles. The van der Waals surface area contributed by atoms with Crippen molar-refractivity contribution in [2.75, 3.05) is 6.61 Å². The molecule has 0 aromatic heterocycles. The van der Waals surface area contributed by atoms with Crippen LogP contribution < -0.4 is 0 Å². The fraction of sp³-hybridized carbons (Fsp3) is 0.250. The SMILES string of the molecule is CC(C)CC(=O)OC/C=C/c1ccccc1.[c]1ccccc1. The molecule has 0 aliphatic rings. The van der Waals surface area contributed by atoms with Gasteiger partial charge in [-0.05, 0) is 23.6 Å². The molecule has 2 aromatic rings. The maximum Gasteiger partial charge on any atom is 0.306 e. The van der Waals surface area contributed by atoms with E-state index in [1.54, 1.807) is 0 Å². The van der Waals surface area contributed by atoms with E-state index < -0.39 is 0 Å². The van der Waals surface area contributed by atoms with Crippen LogP contribution in [0, 0.1) is 12.0 Å². The first kappa shape index (κ1) is 17.7. The molecule has 0 amide bonds. The Morgan fingerprint density at radius 1 is 1.09 bits per heavy atom. The molecule has 0 aliphatic carbocycles. The smallest absolute Gasteiger partial charge is 0.306 e. The van der Waals surface area contributed by atoms with Crippen LogP contribution in [0.4, 0.5) is 0 Å². The highest BCUT2D eigenvalue weighted by Crippen LogP contribution is 2.03. The minimum atomic E-state index is -0.132. The standard InChI is InChI=1S/C14H18O2.C6H5/c1-12(2)11-14(15)16-10-6-9-13-7-4-3-5-8-13;1-2-4-6-5-3-1/h3-9,12H,10-11H2,1-2H3;1-5H/b9-6+;. The first-order chi connectivity index (χ1) is 10.7. The summed E-state index contributed by atoms with van der Waals surface area (Å²) in [6.45, 7) is 4.35. The highest BCUT2D eigenvalue weighted by molar-refractivity contribution is 5.69. The number of carbonyl (C=O) groups is 1. The molecule has 2 nitrogen and oxygen atoms in total. The van der Waals surface area contributed by atoms with Gasteiger partial charge in [-0.15, -0.1) is 0 Å². The predicted molar refractivity (Wildman–Crippen MR) is 91.2 cm³/mol. The number of esters is 1. The third kappa shape index (κ3) is 9.54. The average molecular weight is 295 g/mol. The van der Waals surface area contributed by atoms with Gasteiger partial charge in [0.25, 0.3) is 0 Å². The van der Waals surface area contributed by atoms with E-state index in [2.05, 4.69) is 6.07 Å². The average Bonchev–Trinajstić information content (AvgIpc) is 2.54. The lowest BCUT2D eigenvalue weighted by atomic mass is 10.1. The zero-order chi connectivity index (χ0) is 16.0. The van der Waals surface area contributed by atoms with Crippen molar-refractivity contribution in [3.8, 4) is 0 Å². The van der Waals surface area contributed by atoms with Gasteiger partial charge in [-0.25, -0.2) is 0 Å². The monoisotopic (exact) mass is 295 g/mol. The Balaban J connectivity index is 0.000000335. The Labute approximate surface area is 133 Å². The van der Waals surface area contributed by atoms with Crippen molar-refractivity contribution in [2.24, 2.45) is 5.92 Å². The quantitative estimate of drug-likeness (QED) is 0.742. The van der Waals surface area contributed by atoms with E-state index in [0.717, 1.165) is 5.56 Å². The van der Waals surface area contributed by atoms with Gasteiger partial charge in [-0.1, -0.05) is 80.6 Å². The summed E-state index contributed by atoms with van der Waals surface area (Å²) in [4.78, 5) is 11.2. The Kier molecular flexibility index (Phi) is 9.11. The summed E-state index contributed by atoms with van der Waals surface area (Å²) >= 11 is 0. The summed E-state index contributed by atoms with van der Waals surface area (Å²) < 4.78 is 5.05. The molecule has 0 saturated heterocycles. The van der Waals surface area contributed by atoms with Crippen LogP contribution in [0.2, 0.25) is 0 Å². The topological polar surface area (TPSA) is 26.3 Å². The van der Waals surface area contributed by atoms with Crippen LogP contribution in [0.25, 0.3) is 6.08 Å². The van der Waals surface area contributed by atoms with E-state index in [1.807, 2.05) is 86.7 Å². The van der Waals surface area contributed by atoms with Crippen LogP contribution in [0.1, 0.15) is 25.8 Å². The summed E-state index contributed by atoms with van der Waals surface area (Å²) in [6.07, 6.45) is 4.29. The molecule has 115 valence electrons. The minimum Gasteiger partial charge on any atom is -0.461 e. The Bertz CT molecular complexity index is 503. The summed E-state index contributed by atoms with van der Waals surface area (Å²) in [5.74, 6) is 0.221. The molecule has 22 heavy (non-hydrogen) atoms. The largest absolute Gasteiger partial charge is 0.461 e. The number of benzene rings is 2. The van der Waals surface area contributed by atoms with Crippen molar-refractivity contribution < 1.29 is 9.53 Å². The normalized spacial score (nSPS) is 10.1. The fourth-order valence-corrected chi connectivity index (χ4v) is 1.62. The van der Waals surface area contributed by atoms with Gasteiger partial charge >= 0.3 is 5.97 Å². The predicted octanol–water partition coefficient (Wildman–Crippen LogP) is 4.78. The maximum atomic E-state index is 11.2. The van der Waals surface area contributed by atoms with Gasteiger partial charge in [0.1, 0.15) is 6.61 Å². The third-order valence-corrected chi connectivity index (χ3v) is 2.63. The van der Waals surface area contributed by atoms with Gasteiger partial charge in [0, 0.05) is 6.42 Å². The second-order valence-corrected chi connectivity index (χ2v) is 5.17. The van der Waals surface area contributed by atoms with E-state index in [4.69, 9.17) is 4.74 Å². The molecular formula is C20H23O2. The van der Waals surface area contributed by atoms with Crippen molar-refractivity contribution in [3.63, 3.8) is 0 Å². The van der Waals surface area contributed by atoms with Crippen molar-refractivity contribution in [1.29, 1.82) is 0 Å². The van der Waals surface area contributed by atoms with Crippen molar-refractivity contribution in [2.45, 2.75) is 20.3 Å². The summed E-state index contributed by atoms with van der Waals surface area (Å²) in [6, 6.07) is 22.4. The van der Waals surface area contributed by atoms with Gasteiger partial charge < -0.3 is 4.74 Å². The number of hydrogen-bond acceptors (Lipinski definition) is 2. The summed E-state index contributed by atoms with van der Waals surface area (Å²) in [5, 5.41) is 0. The zero-order valence-corrected chi connectivity index (χ0v) is 13.2. The van der Waals surface area contributed by atoms with Crippen LogP contribution >= 0.6 is 0 Å². The Morgan fingerprint density at radius 2 is 1.73 bits per heavy atom. The van der Waals surface area contributed by atoms with E-state index in [1.165, 1.54) is 0 Å². The molecule has 0 fully saturated rings. The second kappa shape index (κ2) is 11.3. The lowest BCUT2D eigenvalue weighted by Gasteiger charge is -2.03. The summed E-state index contributed by atoms with van der Waals surface area (Å²) in [7, 11) is 0. The molecule has 2 heteroatoms. The van der Waals surface area contributed by atoms with Crippen LogP contribution in [-0.2, 0) is 9.53 Å². The van der Waals surface area contributed by atoms with Crippen molar-refractivity contribution >= 4 is 12.0 Å². The third-order valence-electron chi connectivity index (χ3n) is 2.63. The van der Waals surface area contributed by atoms with Crippen LogP contribution in [0.15, 0.2) is 66.7 Å². The van der Waals surface area contributed by atoms with Crippen molar-refractivity contribution in [3.05, 3.63) is 78.4 Å². The number of ether oxygens (including phenoxy) is 1. The van der Waals surface area contributed by atoms with Crippen LogP contribution in [-0.4, -0.2) is 12.6 Å². The van der Waals surface area contributed by atoms with Gasteiger partial charge in [0.05, 0.1) is 0 Å². The molecule has 0 spiro atoms. The molecule has 1 radical (unpaired) electrons. The fourth-order valence-electron chi connectivity index (χ4n) is 1.62. The maximum absolute atomic E-state index is 11.2. The lowest BCUT2D eigenvalue weighted by molar-refractivity contribution is -0.143. The number of rotatable bonds is 5. The number of carbonyl (C=O) groups excluding carboxylic acids is 1. The molecule has 2 rings (SSSR count). The Morgan fingerprint density at radius 3 is 2.23 bits per heavy atom. The highest BCUT2D eigenvalue weighted by atomic mass is 16.5. The van der Waals surface area contributed by atoms with Crippen molar-refractivity contribution in [1.82, 2.24) is 0 Å². The molecular weight excluding hydrogens is 272 g/mol. The van der Waals surface area contributed by atoms with Crippen LogP contribution in [0.3, 0.4) is 0 Å². The molecule has 0 atom stereocenters. The lowest BCUT2D eigenvalue weighted by Crippen LogP contribution is -2.07. The van der Waals surface area contributed by atoms with Gasteiger partial charge in [0.2, 0.25) is 0 Å². The highest BCUT2D eigenvalue weighted by Gasteiger charge is 2.03. The first-order valence-corrected chi connectivity index (χ1v) is 7.47. The zero-order valence-electron chi connectivity index (χ0n) is 13.2. The van der Waals surface area contributed by atoms with E-state index in [9.17, 15) is 4.79 Å². The minimum absolute atomic E-state index is 0.132. The summed E-state index contributed by atoms with van der Waals surface area (Å²) in [5.41, 5.74) is 1.11. The van der Waals surface area contributed by atoms with Gasteiger partial charge in [0.15, 0.2) is 0 Å². The van der Waals surface area contributed by atoms with E-state index >= 15 is 0 Å². The molecule has 0 N–H and O–H groups in total. The van der Waals surface area contributed by atoms with Gasteiger partial charge in [-0.2, -0.15) is 0 Å². The number of hydrogen-bond donors (Lipinski definition) is 0. The first-order valence-electron chi connectivity index (χ1n) is 7.47. The van der Waals surface area contributed by atoms with Crippen LogP contribution in [0.5, 0.6) is 0 Å².